The maximum atomic E-state index is 10.9. The molecule has 3 aromatic carbocycles. The van der Waals surface area contributed by atoms with Crippen LogP contribution >= 0.6 is 0 Å². The second kappa shape index (κ2) is 14.1. The van der Waals surface area contributed by atoms with Gasteiger partial charge in [0.25, 0.3) is 0 Å². The van der Waals surface area contributed by atoms with Gasteiger partial charge in [0.15, 0.2) is 0 Å². The molecule has 1 heteroatoms. The average Bonchev–Trinajstić information content (AvgIpc) is 2.87. The molecule has 0 saturated heterocycles. The summed E-state index contributed by atoms with van der Waals surface area (Å²) in [4.78, 5) is 0. The highest BCUT2D eigenvalue weighted by Gasteiger charge is 2.18. The Morgan fingerprint density at radius 3 is 1.60 bits per heavy atom. The number of phenolic OH excluding ortho intramolecular Hbond substituents is 1. The third-order valence-electron chi connectivity index (χ3n) is 7.56. The first-order chi connectivity index (χ1) is 17.0. The van der Waals surface area contributed by atoms with E-state index >= 15 is 0 Å². The highest BCUT2D eigenvalue weighted by molar-refractivity contribution is 5.43. The molecule has 1 N–H and O–H groups in total. The van der Waals surface area contributed by atoms with Gasteiger partial charge >= 0.3 is 0 Å². The van der Waals surface area contributed by atoms with Crippen molar-refractivity contribution in [2.75, 3.05) is 0 Å². The predicted molar refractivity (Wildman–Crippen MR) is 152 cm³/mol. The van der Waals surface area contributed by atoms with Crippen molar-refractivity contribution >= 4 is 0 Å². The summed E-state index contributed by atoms with van der Waals surface area (Å²) in [6.07, 6.45) is 11.7. The maximum Gasteiger partial charge on any atom is 0.119 e. The van der Waals surface area contributed by atoms with E-state index in [0.717, 1.165) is 31.2 Å². The minimum Gasteiger partial charge on any atom is -0.508 e. The lowest BCUT2D eigenvalue weighted by molar-refractivity contribution is 0.464. The first-order valence-corrected chi connectivity index (χ1v) is 14.0. The van der Waals surface area contributed by atoms with Crippen LogP contribution in [0, 0.1) is 0 Å². The van der Waals surface area contributed by atoms with Crippen LogP contribution in [-0.2, 0) is 25.7 Å². The summed E-state index contributed by atoms with van der Waals surface area (Å²) >= 11 is 0. The molecule has 0 fully saturated rings. The Morgan fingerprint density at radius 2 is 1.06 bits per heavy atom. The second-order valence-corrected chi connectivity index (χ2v) is 10.4. The molecule has 2 unspecified atom stereocenters. The standard InChI is InChI=1S/C34H46O/c1-5-7-9-16-28-18-11-13-21-31(28)26(3)24-30-20-15-23-34(35)33(30)25-27(4)32-22-14-12-19-29(32)17-10-8-6-2/h11-15,18-23,26-27,35H,5-10,16-17,24-25H2,1-4H3. The van der Waals surface area contributed by atoms with Crippen molar-refractivity contribution in [3.63, 3.8) is 0 Å². The fourth-order valence-electron chi connectivity index (χ4n) is 5.52. The molecule has 1 nitrogen and oxygen atoms in total. The van der Waals surface area contributed by atoms with E-state index in [1.54, 1.807) is 0 Å². The van der Waals surface area contributed by atoms with Crippen molar-refractivity contribution in [1.29, 1.82) is 0 Å². The zero-order chi connectivity index (χ0) is 25.0. The quantitative estimate of drug-likeness (QED) is 0.233. The number of aromatic hydroxyl groups is 1. The highest BCUT2D eigenvalue weighted by atomic mass is 16.3. The van der Waals surface area contributed by atoms with Gasteiger partial charge in [0, 0.05) is 0 Å². The van der Waals surface area contributed by atoms with E-state index in [0.29, 0.717) is 17.6 Å². The molecule has 0 aliphatic carbocycles. The molecule has 3 aromatic rings. The van der Waals surface area contributed by atoms with E-state index in [-0.39, 0.29) is 0 Å². The van der Waals surface area contributed by atoms with Crippen LogP contribution in [0.15, 0.2) is 66.7 Å². The van der Waals surface area contributed by atoms with Gasteiger partial charge in [0.1, 0.15) is 5.75 Å². The summed E-state index contributed by atoms with van der Waals surface area (Å²) < 4.78 is 0. The fraction of sp³-hybridized carbons (Fsp3) is 0.471. The smallest absolute Gasteiger partial charge is 0.119 e. The van der Waals surface area contributed by atoms with Crippen LogP contribution in [0.1, 0.15) is 111 Å². The van der Waals surface area contributed by atoms with Gasteiger partial charge in [-0.2, -0.15) is 0 Å². The van der Waals surface area contributed by atoms with Gasteiger partial charge < -0.3 is 5.11 Å². The van der Waals surface area contributed by atoms with Crippen LogP contribution in [0.25, 0.3) is 0 Å². The molecule has 0 saturated carbocycles. The Morgan fingerprint density at radius 1 is 0.571 bits per heavy atom. The number of phenols is 1. The zero-order valence-corrected chi connectivity index (χ0v) is 22.5. The van der Waals surface area contributed by atoms with Crippen molar-refractivity contribution in [2.45, 2.75) is 104 Å². The Hall–Kier alpha value is -2.54. The molecule has 0 radical (unpaired) electrons. The molecule has 188 valence electrons. The minimum atomic E-state index is 0.372. The topological polar surface area (TPSA) is 20.2 Å². The van der Waals surface area contributed by atoms with Crippen LogP contribution in [0.4, 0.5) is 0 Å². The van der Waals surface area contributed by atoms with Crippen LogP contribution in [-0.4, -0.2) is 5.11 Å². The lowest BCUT2D eigenvalue weighted by Gasteiger charge is -2.22. The Kier molecular flexibility index (Phi) is 10.9. The van der Waals surface area contributed by atoms with Crippen molar-refractivity contribution in [1.82, 2.24) is 0 Å². The van der Waals surface area contributed by atoms with E-state index in [1.807, 2.05) is 12.1 Å². The molecular formula is C34H46O. The molecule has 0 aliphatic heterocycles. The van der Waals surface area contributed by atoms with Crippen molar-refractivity contribution < 1.29 is 5.11 Å². The number of hydrogen-bond acceptors (Lipinski definition) is 1. The van der Waals surface area contributed by atoms with Crippen LogP contribution in [0.3, 0.4) is 0 Å². The molecule has 0 aliphatic rings. The maximum absolute atomic E-state index is 10.9. The third-order valence-corrected chi connectivity index (χ3v) is 7.56. The largest absolute Gasteiger partial charge is 0.508 e. The summed E-state index contributed by atoms with van der Waals surface area (Å²) in [5.74, 6) is 1.24. The molecule has 0 bridgehead atoms. The van der Waals surface area contributed by atoms with Crippen LogP contribution < -0.4 is 0 Å². The number of hydrogen-bond donors (Lipinski definition) is 1. The average molecular weight is 471 g/mol. The Labute approximate surface area is 214 Å². The molecule has 3 rings (SSSR count). The van der Waals surface area contributed by atoms with Gasteiger partial charge in [-0.3, -0.25) is 0 Å². The lowest BCUT2D eigenvalue weighted by Crippen LogP contribution is -2.08. The molecular weight excluding hydrogens is 424 g/mol. The van der Waals surface area contributed by atoms with E-state index in [2.05, 4.69) is 82.3 Å². The number of rotatable bonds is 14. The summed E-state index contributed by atoms with van der Waals surface area (Å²) in [5, 5.41) is 10.9. The minimum absolute atomic E-state index is 0.372. The van der Waals surface area contributed by atoms with Crippen molar-refractivity contribution in [2.24, 2.45) is 0 Å². The summed E-state index contributed by atoms with van der Waals surface area (Å²) in [7, 11) is 0. The third kappa shape index (κ3) is 7.72. The van der Waals surface area contributed by atoms with E-state index in [9.17, 15) is 5.11 Å². The van der Waals surface area contributed by atoms with E-state index < -0.39 is 0 Å². The Balaban J connectivity index is 1.79. The molecule has 35 heavy (non-hydrogen) atoms. The molecule has 2 atom stereocenters. The van der Waals surface area contributed by atoms with Gasteiger partial charge in [-0.15, -0.1) is 0 Å². The van der Waals surface area contributed by atoms with Gasteiger partial charge in [0.05, 0.1) is 0 Å². The molecule has 0 spiro atoms. The number of benzene rings is 3. The number of aryl methyl sites for hydroxylation is 2. The van der Waals surface area contributed by atoms with E-state index in [1.165, 1.54) is 66.3 Å². The zero-order valence-electron chi connectivity index (χ0n) is 22.5. The van der Waals surface area contributed by atoms with Crippen LogP contribution in [0.2, 0.25) is 0 Å². The van der Waals surface area contributed by atoms with Crippen molar-refractivity contribution in [3.05, 3.63) is 100 Å². The van der Waals surface area contributed by atoms with E-state index in [4.69, 9.17) is 0 Å². The first kappa shape index (κ1) is 27.1. The van der Waals surface area contributed by atoms with Gasteiger partial charge in [-0.25, -0.2) is 0 Å². The molecule has 0 heterocycles. The highest BCUT2D eigenvalue weighted by Crippen LogP contribution is 2.33. The Bertz CT molecular complexity index is 1030. The van der Waals surface area contributed by atoms with Gasteiger partial charge in [-0.1, -0.05) is 114 Å². The normalized spacial score (nSPS) is 13.0. The molecule has 0 aromatic heterocycles. The first-order valence-electron chi connectivity index (χ1n) is 14.0. The van der Waals surface area contributed by atoms with Gasteiger partial charge in [0.2, 0.25) is 0 Å². The fourth-order valence-corrected chi connectivity index (χ4v) is 5.52. The monoisotopic (exact) mass is 470 g/mol. The molecule has 0 amide bonds. The summed E-state index contributed by atoms with van der Waals surface area (Å²) in [6, 6.07) is 24.0. The van der Waals surface area contributed by atoms with Crippen LogP contribution in [0.5, 0.6) is 5.75 Å². The number of unbranched alkanes of at least 4 members (excludes halogenated alkanes) is 4. The summed E-state index contributed by atoms with van der Waals surface area (Å²) in [5.41, 5.74) is 8.28. The SMILES string of the molecule is CCCCCc1ccccc1C(C)Cc1cccc(O)c1CC(C)c1ccccc1CCCCC. The second-order valence-electron chi connectivity index (χ2n) is 10.4. The van der Waals surface area contributed by atoms with Crippen molar-refractivity contribution in [3.8, 4) is 5.75 Å². The predicted octanol–water partition coefficient (Wildman–Crippen LogP) is 9.55. The lowest BCUT2D eigenvalue weighted by atomic mass is 9.83. The summed E-state index contributed by atoms with van der Waals surface area (Å²) in [6.45, 7) is 9.20. The van der Waals surface area contributed by atoms with Gasteiger partial charge in [-0.05, 0) is 89.8 Å².